The summed E-state index contributed by atoms with van der Waals surface area (Å²) in [6.45, 7) is 9.89. The monoisotopic (exact) mass is 566 g/mol. The second kappa shape index (κ2) is 11.2. The van der Waals surface area contributed by atoms with Crippen LogP contribution < -0.4 is 30.5 Å². The molecule has 0 radical (unpaired) electrons. The van der Waals surface area contributed by atoms with E-state index in [1.807, 2.05) is 32.9 Å². The van der Waals surface area contributed by atoms with Crippen molar-refractivity contribution in [2.45, 2.75) is 46.1 Å². The highest BCUT2D eigenvalue weighted by atomic mass is 32.1. The second-order valence-corrected chi connectivity index (χ2v) is 10.8. The van der Waals surface area contributed by atoms with Gasteiger partial charge in [-0.3, -0.25) is 0 Å². The van der Waals surface area contributed by atoms with Crippen molar-refractivity contribution in [3.8, 4) is 28.4 Å². The number of hydrogen-bond donors (Lipinski definition) is 2. The van der Waals surface area contributed by atoms with E-state index >= 15 is 0 Å². The van der Waals surface area contributed by atoms with Gasteiger partial charge in [-0.05, 0) is 72.9 Å². The Hall–Kier alpha value is -4.05. The number of rotatable bonds is 7. The number of fused-ring (bicyclic) bond motifs is 1. The molecule has 9 nitrogen and oxygen atoms in total. The van der Waals surface area contributed by atoms with Crippen LogP contribution in [0.1, 0.15) is 51.8 Å². The van der Waals surface area contributed by atoms with E-state index in [2.05, 4.69) is 10.6 Å². The highest BCUT2D eigenvalue weighted by Gasteiger charge is 2.33. The normalized spacial score (nSPS) is 15.4. The van der Waals surface area contributed by atoms with E-state index in [1.165, 1.54) is 21.3 Å². The maximum atomic E-state index is 13.4. The predicted octanol–water partition coefficient (Wildman–Crippen LogP) is 5.14. The first-order valence-corrected chi connectivity index (χ1v) is 13.2. The highest BCUT2D eigenvalue weighted by Crippen LogP contribution is 2.42. The Morgan fingerprint density at radius 3 is 2.23 bits per heavy atom. The Kier molecular flexibility index (Phi) is 8.11. The van der Waals surface area contributed by atoms with Crippen molar-refractivity contribution in [2.24, 2.45) is 0 Å². The quantitative estimate of drug-likeness (QED) is 0.227. The lowest BCUT2D eigenvalue weighted by Gasteiger charge is -2.31. The van der Waals surface area contributed by atoms with Crippen LogP contribution in [0.3, 0.4) is 0 Å². The average Bonchev–Trinajstić information content (AvgIpc) is 2.90. The smallest absolute Gasteiger partial charge is 0.344 e. The average molecular weight is 567 g/mol. The van der Waals surface area contributed by atoms with Gasteiger partial charge < -0.3 is 34.0 Å². The van der Waals surface area contributed by atoms with E-state index in [4.69, 9.17) is 35.6 Å². The van der Waals surface area contributed by atoms with Gasteiger partial charge in [0.1, 0.15) is 5.58 Å². The summed E-state index contributed by atoms with van der Waals surface area (Å²) >= 11 is 5.43. The summed E-state index contributed by atoms with van der Waals surface area (Å²) in [6, 6.07) is 8.45. The fraction of sp³-hybridized carbons (Fsp3) is 0.367. The number of ether oxygens (including phenoxy) is 4. The van der Waals surface area contributed by atoms with Gasteiger partial charge in [0.15, 0.2) is 16.6 Å². The number of methoxy groups -OCH3 is 3. The summed E-state index contributed by atoms with van der Waals surface area (Å²) in [5, 5.41) is 7.32. The third kappa shape index (κ3) is 5.36. The van der Waals surface area contributed by atoms with Crippen LogP contribution in [0.2, 0.25) is 0 Å². The fourth-order valence-electron chi connectivity index (χ4n) is 4.84. The fourth-order valence-corrected chi connectivity index (χ4v) is 5.11. The van der Waals surface area contributed by atoms with Crippen molar-refractivity contribution >= 4 is 34.3 Å². The predicted molar refractivity (Wildman–Crippen MR) is 157 cm³/mol. The van der Waals surface area contributed by atoms with E-state index in [9.17, 15) is 9.59 Å². The Morgan fingerprint density at radius 1 is 1.02 bits per heavy atom. The molecule has 10 heteroatoms. The lowest BCUT2D eigenvalue weighted by atomic mass is 9.82. The summed E-state index contributed by atoms with van der Waals surface area (Å²) in [7, 11) is 4.54. The minimum atomic E-state index is -0.574. The summed E-state index contributed by atoms with van der Waals surface area (Å²) < 4.78 is 27.8. The van der Waals surface area contributed by atoms with Gasteiger partial charge in [0.2, 0.25) is 5.75 Å². The van der Waals surface area contributed by atoms with Gasteiger partial charge in [0.05, 0.1) is 45.1 Å². The Labute approximate surface area is 238 Å². The molecule has 1 aromatic heterocycles. The van der Waals surface area contributed by atoms with E-state index < -0.39 is 23.1 Å². The molecule has 2 N–H and O–H groups in total. The van der Waals surface area contributed by atoms with Crippen LogP contribution in [0.5, 0.6) is 17.2 Å². The molecule has 1 unspecified atom stereocenters. The standard InChI is InChI=1S/C30H34N2O7S/c1-9-38-28(34)23-15(2)31-29(40)32-24(23)17-10-18-11-19(27(33)39-25(18)20(12-17)30(3,4)5)16-13-21(35-6)26(37-8)22(14-16)36-7/h10-14,24H,9H2,1-8H3,(H2,31,32,40). The molecule has 2 aromatic carbocycles. The topological polar surface area (TPSA) is 108 Å². The molecule has 0 aliphatic carbocycles. The zero-order valence-corrected chi connectivity index (χ0v) is 24.8. The van der Waals surface area contributed by atoms with Crippen LogP contribution in [0, 0.1) is 0 Å². The largest absolute Gasteiger partial charge is 0.493 e. The van der Waals surface area contributed by atoms with Crippen molar-refractivity contribution in [1.29, 1.82) is 0 Å². The molecule has 1 atom stereocenters. The molecule has 0 saturated carbocycles. The molecule has 3 aromatic rings. The molecule has 1 aliphatic rings. The van der Waals surface area contributed by atoms with Gasteiger partial charge in [-0.1, -0.05) is 20.8 Å². The molecule has 2 heterocycles. The first-order valence-electron chi connectivity index (χ1n) is 12.8. The summed E-state index contributed by atoms with van der Waals surface area (Å²) in [5.41, 5.74) is 3.03. The minimum Gasteiger partial charge on any atom is -0.493 e. The van der Waals surface area contributed by atoms with Gasteiger partial charge in [-0.2, -0.15) is 0 Å². The molecule has 40 heavy (non-hydrogen) atoms. The number of esters is 1. The zero-order valence-electron chi connectivity index (χ0n) is 23.9. The number of carbonyl (C=O) groups is 1. The van der Waals surface area contributed by atoms with Crippen molar-refractivity contribution in [3.63, 3.8) is 0 Å². The molecule has 4 rings (SSSR count). The molecular formula is C30H34N2O7S. The molecule has 0 fully saturated rings. The SMILES string of the molecule is CCOC(=O)C1=C(C)NC(=S)NC1c1cc(C(C)(C)C)c2oc(=O)c(-c3cc(OC)c(OC)c(OC)c3)cc2c1. The van der Waals surface area contributed by atoms with Crippen molar-refractivity contribution in [3.05, 3.63) is 63.1 Å². The Morgan fingerprint density at radius 2 is 1.68 bits per heavy atom. The minimum absolute atomic E-state index is 0.237. The second-order valence-electron chi connectivity index (χ2n) is 10.4. The Bertz CT molecular complexity index is 1560. The molecule has 212 valence electrons. The van der Waals surface area contributed by atoms with Gasteiger partial charge in [-0.25, -0.2) is 9.59 Å². The third-order valence-corrected chi connectivity index (χ3v) is 6.96. The van der Waals surface area contributed by atoms with Crippen LogP contribution in [0.25, 0.3) is 22.1 Å². The lowest BCUT2D eigenvalue weighted by molar-refractivity contribution is -0.139. The number of thiocarbonyl (C=S) groups is 1. The molecule has 1 aliphatic heterocycles. The molecule has 0 amide bonds. The third-order valence-electron chi connectivity index (χ3n) is 6.74. The number of carbonyl (C=O) groups excluding carboxylic acids is 1. The van der Waals surface area contributed by atoms with Crippen LogP contribution >= 0.6 is 12.2 Å². The number of hydrogen-bond acceptors (Lipinski definition) is 8. The van der Waals surface area contributed by atoms with Crippen molar-refractivity contribution in [2.75, 3.05) is 27.9 Å². The molecule has 0 spiro atoms. The van der Waals surface area contributed by atoms with Gasteiger partial charge in [0, 0.05) is 16.6 Å². The number of nitrogens with one attached hydrogen (secondary N) is 2. The lowest BCUT2D eigenvalue weighted by Crippen LogP contribution is -2.45. The summed E-state index contributed by atoms with van der Waals surface area (Å²) in [4.78, 5) is 26.4. The van der Waals surface area contributed by atoms with Gasteiger partial charge in [-0.15, -0.1) is 0 Å². The van der Waals surface area contributed by atoms with Crippen LogP contribution in [0.15, 0.2) is 50.8 Å². The van der Waals surface area contributed by atoms with E-state index in [-0.39, 0.29) is 6.61 Å². The first-order chi connectivity index (χ1) is 18.9. The zero-order chi connectivity index (χ0) is 29.4. The maximum absolute atomic E-state index is 13.4. The van der Waals surface area contributed by atoms with Gasteiger partial charge >= 0.3 is 11.6 Å². The molecule has 0 saturated heterocycles. The van der Waals surface area contributed by atoms with E-state index in [1.54, 1.807) is 32.0 Å². The highest BCUT2D eigenvalue weighted by molar-refractivity contribution is 7.80. The number of allylic oxidation sites excluding steroid dienone is 1. The van der Waals surface area contributed by atoms with Crippen LogP contribution in [0.4, 0.5) is 0 Å². The summed E-state index contributed by atoms with van der Waals surface area (Å²) in [6.07, 6.45) is 0. The Balaban J connectivity index is 2.00. The van der Waals surface area contributed by atoms with Crippen molar-refractivity contribution < 1.29 is 28.2 Å². The van der Waals surface area contributed by atoms with Gasteiger partial charge in [0.25, 0.3) is 0 Å². The first kappa shape index (κ1) is 28.9. The van der Waals surface area contributed by atoms with Crippen LogP contribution in [-0.2, 0) is 14.9 Å². The maximum Gasteiger partial charge on any atom is 0.344 e. The van der Waals surface area contributed by atoms with E-state index in [0.29, 0.717) is 55.7 Å². The van der Waals surface area contributed by atoms with E-state index in [0.717, 1.165) is 11.1 Å². The molecular weight excluding hydrogens is 532 g/mol. The van der Waals surface area contributed by atoms with Crippen LogP contribution in [-0.4, -0.2) is 39.0 Å². The molecule has 0 bridgehead atoms. The number of benzene rings is 2. The van der Waals surface area contributed by atoms with Crippen molar-refractivity contribution in [1.82, 2.24) is 10.6 Å². The summed E-state index contributed by atoms with van der Waals surface area (Å²) in [5.74, 6) is 0.792.